The Bertz CT molecular complexity index is 1630. The largest absolute Gasteiger partial charge is 0.386 e. The van der Waals surface area contributed by atoms with E-state index >= 15 is 0 Å². The van der Waals surface area contributed by atoms with Crippen molar-refractivity contribution in [3.05, 3.63) is 59.2 Å². The van der Waals surface area contributed by atoms with Gasteiger partial charge in [0, 0.05) is 37.2 Å². The lowest BCUT2D eigenvalue weighted by Gasteiger charge is -2.32. The molecule has 198 valence electrons. The van der Waals surface area contributed by atoms with Crippen LogP contribution in [-0.4, -0.2) is 52.6 Å². The molecule has 1 N–H and O–H groups in total. The summed E-state index contributed by atoms with van der Waals surface area (Å²) >= 11 is 0. The van der Waals surface area contributed by atoms with Gasteiger partial charge in [0.15, 0.2) is 0 Å². The van der Waals surface area contributed by atoms with Crippen LogP contribution in [0.2, 0.25) is 0 Å². The number of benzene rings is 1. The smallest absolute Gasteiger partial charge is 0.0960 e. The van der Waals surface area contributed by atoms with Gasteiger partial charge >= 0.3 is 0 Å². The monoisotopic (exact) mass is 515 g/mol. The fraction of sp³-hybridized carbons (Fsp3) is 0.429. The fourth-order valence-electron chi connectivity index (χ4n) is 5.79. The van der Waals surface area contributed by atoms with Crippen molar-refractivity contribution in [2.75, 3.05) is 13.2 Å². The summed E-state index contributed by atoms with van der Waals surface area (Å²) < 4.78 is 6.09. The number of rotatable bonds is 5. The van der Waals surface area contributed by atoms with Crippen LogP contribution in [-0.2, 0) is 29.5 Å². The second kappa shape index (κ2) is 9.00. The molecule has 5 heterocycles. The molecule has 0 aliphatic carbocycles. The van der Waals surface area contributed by atoms with Gasteiger partial charge in [-0.1, -0.05) is 17.3 Å². The Kier molecular flexibility index (Phi) is 5.86. The van der Waals surface area contributed by atoms with E-state index in [9.17, 15) is 5.11 Å². The van der Waals surface area contributed by atoms with E-state index in [1.54, 1.807) is 4.68 Å². The van der Waals surface area contributed by atoms with E-state index in [2.05, 4.69) is 39.1 Å². The van der Waals surface area contributed by atoms with Gasteiger partial charge in [-0.2, -0.15) is 5.10 Å². The topological polar surface area (TPSA) is 105 Å². The first-order valence-corrected chi connectivity index (χ1v) is 12.9. The van der Waals surface area contributed by atoms with Crippen LogP contribution in [0.15, 0.2) is 36.5 Å². The third-order valence-corrected chi connectivity index (χ3v) is 7.62. The van der Waals surface area contributed by atoms with Gasteiger partial charge in [-0.05, 0) is 57.9 Å². The van der Waals surface area contributed by atoms with Gasteiger partial charge in [-0.25, -0.2) is 14.5 Å². The van der Waals surface area contributed by atoms with Crippen LogP contribution in [0.4, 0.5) is 0 Å². The maximum atomic E-state index is 10.9. The Morgan fingerprint density at radius 1 is 1.05 bits per heavy atom. The summed E-state index contributed by atoms with van der Waals surface area (Å²) in [4.78, 5) is 15.8. The van der Waals surface area contributed by atoms with Crippen molar-refractivity contribution < 1.29 is 14.9 Å². The van der Waals surface area contributed by atoms with E-state index in [1.165, 1.54) is 0 Å². The molecule has 10 nitrogen and oxygen atoms in total. The molecule has 5 aromatic rings. The maximum absolute atomic E-state index is 10.9. The first-order valence-electron chi connectivity index (χ1n) is 12.9. The van der Waals surface area contributed by atoms with Crippen molar-refractivity contribution in [1.29, 1.82) is 0 Å². The third-order valence-electron chi connectivity index (χ3n) is 7.62. The Balaban J connectivity index is 1.71. The number of pyridine rings is 1. The van der Waals surface area contributed by atoms with Gasteiger partial charge < -0.3 is 9.67 Å². The van der Waals surface area contributed by atoms with Crippen molar-refractivity contribution in [2.24, 2.45) is 20.0 Å². The van der Waals surface area contributed by atoms with Gasteiger partial charge in [0.25, 0.3) is 0 Å². The van der Waals surface area contributed by atoms with Crippen LogP contribution < -0.4 is 0 Å². The zero-order valence-electron chi connectivity index (χ0n) is 22.6. The van der Waals surface area contributed by atoms with Crippen molar-refractivity contribution in [3.8, 4) is 11.3 Å². The lowest BCUT2D eigenvalue weighted by atomic mass is 9.92. The second-order valence-corrected chi connectivity index (χ2v) is 10.8. The molecule has 6 rings (SSSR count). The zero-order valence-corrected chi connectivity index (χ0v) is 22.6. The summed E-state index contributed by atoms with van der Waals surface area (Å²) in [5.74, 6) is 0.131. The molecule has 4 aromatic heterocycles. The maximum Gasteiger partial charge on any atom is 0.0960 e. The molecular formula is C28H33N7O3. The van der Waals surface area contributed by atoms with Crippen molar-refractivity contribution in [3.63, 3.8) is 0 Å². The number of nitrogens with zero attached hydrogens (tertiary/aromatic N) is 7. The summed E-state index contributed by atoms with van der Waals surface area (Å²) in [6.45, 7) is 8.57. The minimum atomic E-state index is -0.994. The van der Waals surface area contributed by atoms with E-state index in [0.29, 0.717) is 13.2 Å². The van der Waals surface area contributed by atoms with Gasteiger partial charge in [0.1, 0.15) is 0 Å². The number of aromatic nitrogens is 7. The average Bonchev–Trinajstić information content (AvgIpc) is 3.51. The fourth-order valence-corrected chi connectivity index (χ4v) is 5.79. The standard InChI is InChI=1S/C28H33N7O3/c1-16-11-24(33(5)31-16)27(18-9-10-37-38-15-18)35-22-13-20(28(3,4)36)7-8-21(22)25-23(35)12-19(14-29-25)26-17(2)30-32-34(26)6/h7-8,11-14,18,27,36H,9-10,15H2,1-6H3. The van der Waals surface area contributed by atoms with E-state index in [4.69, 9.17) is 19.9 Å². The lowest BCUT2D eigenvalue weighted by Crippen LogP contribution is -2.30. The summed E-state index contributed by atoms with van der Waals surface area (Å²) in [6.07, 6.45) is 2.72. The van der Waals surface area contributed by atoms with Crippen molar-refractivity contribution >= 4 is 21.9 Å². The molecule has 0 saturated carbocycles. The molecule has 2 atom stereocenters. The van der Waals surface area contributed by atoms with E-state index in [-0.39, 0.29) is 12.0 Å². The molecule has 38 heavy (non-hydrogen) atoms. The minimum absolute atomic E-state index is 0.107. The highest BCUT2D eigenvalue weighted by Gasteiger charge is 2.33. The van der Waals surface area contributed by atoms with E-state index in [0.717, 1.165) is 62.3 Å². The predicted octanol–water partition coefficient (Wildman–Crippen LogP) is 4.12. The van der Waals surface area contributed by atoms with Crippen LogP contribution in [0.3, 0.4) is 0 Å². The number of hydrogen-bond acceptors (Lipinski definition) is 7. The van der Waals surface area contributed by atoms with Gasteiger partial charge in [0.2, 0.25) is 0 Å². The molecule has 0 amide bonds. The highest BCUT2D eigenvalue weighted by atomic mass is 17.2. The zero-order chi connectivity index (χ0) is 26.8. The average molecular weight is 516 g/mol. The summed E-state index contributed by atoms with van der Waals surface area (Å²) in [5, 5.41) is 25.1. The van der Waals surface area contributed by atoms with Gasteiger partial charge in [-0.15, -0.1) is 5.10 Å². The number of hydrogen-bond donors (Lipinski definition) is 1. The Hall–Kier alpha value is -3.60. The number of fused-ring (bicyclic) bond motifs is 3. The molecule has 10 heteroatoms. The lowest BCUT2D eigenvalue weighted by molar-refractivity contribution is -0.326. The molecule has 1 aliphatic heterocycles. The summed E-state index contributed by atoms with van der Waals surface area (Å²) in [7, 11) is 3.88. The molecule has 1 aliphatic rings. The summed E-state index contributed by atoms with van der Waals surface area (Å²) in [6, 6.07) is 10.3. The van der Waals surface area contributed by atoms with Gasteiger partial charge in [0.05, 0.1) is 64.2 Å². The minimum Gasteiger partial charge on any atom is -0.386 e. The quantitative estimate of drug-likeness (QED) is 0.351. The molecule has 1 fully saturated rings. The van der Waals surface area contributed by atoms with Crippen LogP contribution in [0.5, 0.6) is 0 Å². The first kappa shape index (κ1) is 24.7. The van der Waals surface area contributed by atoms with Crippen LogP contribution in [0.1, 0.15) is 49.0 Å². The molecule has 0 radical (unpaired) electrons. The highest BCUT2D eigenvalue weighted by Crippen LogP contribution is 2.41. The first-order chi connectivity index (χ1) is 18.1. The molecule has 0 bridgehead atoms. The van der Waals surface area contributed by atoms with Crippen molar-refractivity contribution in [1.82, 2.24) is 34.3 Å². The number of aryl methyl sites for hydroxylation is 4. The predicted molar refractivity (Wildman–Crippen MR) is 143 cm³/mol. The van der Waals surface area contributed by atoms with Crippen LogP contribution in [0.25, 0.3) is 33.2 Å². The molecule has 1 saturated heterocycles. The Morgan fingerprint density at radius 2 is 1.87 bits per heavy atom. The Morgan fingerprint density at radius 3 is 2.50 bits per heavy atom. The second-order valence-electron chi connectivity index (χ2n) is 10.8. The normalized spacial score (nSPS) is 17.5. The molecule has 0 spiro atoms. The molecule has 1 aromatic carbocycles. The summed E-state index contributed by atoms with van der Waals surface area (Å²) in [5.41, 5.74) is 7.47. The highest BCUT2D eigenvalue weighted by molar-refractivity contribution is 6.07. The number of aliphatic hydroxyl groups is 1. The molecular weight excluding hydrogens is 482 g/mol. The molecule has 2 unspecified atom stereocenters. The SMILES string of the molecule is Cc1cc(C(C2CCOOC2)n2c3cc(C(C)(C)O)ccc3c3ncc(-c4c(C)nnn4C)cc32)n(C)n1. The van der Waals surface area contributed by atoms with Crippen LogP contribution >= 0.6 is 0 Å². The van der Waals surface area contributed by atoms with E-state index in [1.807, 2.05) is 58.7 Å². The third kappa shape index (κ3) is 4.00. The van der Waals surface area contributed by atoms with Crippen LogP contribution in [0, 0.1) is 19.8 Å². The van der Waals surface area contributed by atoms with Crippen molar-refractivity contribution in [2.45, 2.75) is 45.8 Å². The van der Waals surface area contributed by atoms with E-state index < -0.39 is 5.60 Å². The Labute approximate surface area is 220 Å². The van der Waals surface area contributed by atoms with Gasteiger partial charge in [-0.3, -0.25) is 9.67 Å².